The Labute approximate surface area is 192 Å². The van der Waals surface area contributed by atoms with E-state index in [-0.39, 0.29) is 29.4 Å². The third-order valence-electron chi connectivity index (χ3n) is 5.72. The Kier molecular flexibility index (Phi) is 8.10. The van der Waals surface area contributed by atoms with Gasteiger partial charge in [0.25, 0.3) is 0 Å². The highest BCUT2D eigenvalue weighted by Gasteiger charge is 2.46. The lowest BCUT2D eigenvalue weighted by atomic mass is 9.95. The van der Waals surface area contributed by atoms with E-state index in [1.807, 2.05) is 12.1 Å². The van der Waals surface area contributed by atoms with Gasteiger partial charge in [-0.15, -0.1) is 24.0 Å². The van der Waals surface area contributed by atoms with Gasteiger partial charge in [0.05, 0.1) is 19.4 Å². The average Bonchev–Trinajstić information content (AvgIpc) is 3.10. The highest BCUT2D eigenvalue weighted by Crippen LogP contribution is 2.49. The molecule has 2 aliphatic rings. The van der Waals surface area contributed by atoms with Crippen LogP contribution in [0.2, 0.25) is 0 Å². The van der Waals surface area contributed by atoms with Gasteiger partial charge in [-0.3, -0.25) is 4.99 Å². The van der Waals surface area contributed by atoms with Gasteiger partial charge >= 0.3 is 0 Å². The van der Waals surface area contributed by atoms with Gasteiger partial charge in [0.1, 0.15) is 17.4 Å². The smallest absolute Gasteiger partial charge is 0.191 e. The van der Waals surface area contributed by atoms with Crippen molar-refractivity contribution in [1.82, 2.24) is 10.6 Å². The maximum absolute atomic E-state index is 14.3. The third kappa shape index (κ3) is 5.94. The molecule has 2 aromatic rings. The molecule has 1 saturated heterocycles. The number of nitrogens with zero attached hydrogens (tertiary/aromatic N) is 1. The van der Waals surface area contributed by atoms with Crippen molar-refractivity contribution < 1.29 is 17.9 Å². The first-order valence-electron chi connectivity index (χ1n) is 10.2. The van der Waals surface area contributed by atoms with Crippen LogP contribution >= 0.6 is 24.0 Å². The molecule has 5 nitrogen and oxygen atoms in total. The van der Waals surface area contributed by atoms with Gasteiger partial charge in [-0.1, -0.05) is 6.07 Å². The van der Waals surface area contributed by atoms with E-state index in [0.29, 0.717) is 30.5 Å². The van der Waals surface area contributed by atoms with Crippen LogP contribution in [-0.2, 0) is 16.6 Å². The Balaban J connectivity index is 0.00000256. The molecule has 4 rings (SSSR count). The van der Waals surface area contributed by atoms with Crippen LogP contribution in [0.3, 0.4) is 0 Å². The van der Waals surface area contributed by atoms with Crippen molar-refractivity contribution in [1.29, 1.82) is 0 Å². The second-order valence-electron chi connectivity index (χ2n) is 7.94. The molecule has 8 heteroatoms. The van der Waals surface area contributed by atoms with Gasteiger partial charge in [0.15, 0.2) is 5.96 Å². The number of ether oxygens (including phenoxy) is 1. The standard InChI is InChI=1S/C22H27F2N3O2.HI/c23-17-3-4-19(20(24)12-17)22(7-8-22)15-27-21(26-13-16-6-11-28-14-16)25-9-5-18-2-1-10-29-18;/h1-4,10,12,16H,5-9,11,13-15H2,(H2,25,26,27);1H. The first kappa shape index (κ1) is 23.0. The molecule has 1 aromatic carbocycles. The summed E-state index contributed by atoms with van der Waals surface area (Å²) >= 11 is 0. The van der Waals surface area contributed by atoms with Gasteiger partial charge in [-0.2, -0.15) is 0 Å². The molecule has 0 amide bonds. The molecule has 0 spiro atoms. The van der Waals surface area contributed by atoms with E-state index < -0.39 is 11.6 Å². The van der Waals surface area contributed by atoms with Crippen LogP contribution in [0.25, 0.3) is 0 Å². The monoisotopic (exact) mass is 531 g/mol. The SMILES string of the molecule is Fc1ccc(C2(CN=C(NCCc3ccco3)NCC3CCOC3)CC2)c(F)c1.I. The molecular weight excluding hydrogens is 503 g/mol. The van der Waals surface area contributed by atoms with Gasteiger partial charge in [-0.05, 0) is 43.0 Å². The van der Waals surface area contributed by atoms with E-state index in [9.17, 15) is 8.78 Å². The predicted octanol–water partition coefficient (Wildman–Crippen LogP) is 4.02. The number of aliphatic imine (C=N–C) groups is 1. The van der Waals surface area contributed by atoms with Crippen molar-refractivity contribution in [3.8, 4) is 0 Å². The Bertz CT molecular complexity index is 835. The number of hydrogen-bond donors (Lipinski definition) is 2. The summed E-state index contributed by atoms with van der Waals surface area (Å²) < 4.78 is 38.4. The van der Waals surface area contributed by atoms with Crippen LogP contribution in [-0.4, -0.2) is 38.8 Å². The van der Waals surface area contributed by atoms with Gasteiger partial charge in [0, 0.05) is 43.5 Å². The van der Waals surface area contributed by atoms with E-state index in [2.05, 4.69) is 10.6 Å². The fraction of sp³-hybridized carbons (Fsp3) is 0.500. The van der Waals surface area contributed by atoms with E-state index >= 15 is 0 Å². The molecule has 164 valence electrons. The number of benzene rings is 1. The van der Waals surface area contributed by atoms with Gasteiger partial charge in [0.2, 0.25) is 0 Å². The zero-order valence-corrected chi connectivity index (χ0v) is 19.2. The lowest BCUT2D eigenvalue weighted by molar-refractivity contribution is 0.186. The summed E-state index contributed by atoms with van der Waals surface area (Å²) in [6.45, 7) is 3.49. The highest BCUT2D eigenvalue weighted by atomic mass is 127. The number of nitrogens with one attached hydrogen (secondary N) is 2. The molecule has 0 bridgehead atoms. The first-order valence-corrected chi connectivity index (χ1v) is 10.2. The third-order valence-corrected chi connectivity index (χ3v) is 5.72. The summed E-state index contributed by atoms with van der Waals surface area (Å²) in [7, 11) is 0. The van der Waals surface area contributed by atoms with Crippen LogP contribution in [0.15, 0.2) is 46.0 Å². The Morgan fingerprint density at radius 1 is 1.20 bits per heavy atom. The van der Waals surface area contributed by atoms with Crippen molar-refractivity contribution in [3.05, 3.63) is 59.6 Å². The summed E-state index contributed by atoms with van der Waals surface area (Å²) in [5.41, 5.74) is 0.228. The molecule has 1 aromatic heterocycles. The summed E-state index contributed by atoms with van der Waals surface area (Å²) in [5, 5.41) is 6.73. The van der Waals surface area contributed by atoms with Crippen LogP contribution in [0.5, 0.6) is 0 Å². The van der Waals surface area contributed by atoms with Crippen LogP contribution in [0.1, 0.15) is 30.6 Å². The summed E-state index contributed by atoms with van der Waals surface area (Å²) in [5.74, 6) is 1.05. The minimum Gasteiger partial charge on any atom is -0.469 e. The summed E-state index contributed by atoms with van der Waals surface area (Å²) in [6, 6.07) is 7.65. The number of hydrogen-bond acceptors (Lipinski definition) is 3. The number of halogens is 3. The topological polar surface area (TPSA) is 58.8 Å². The maximum atomic E-state index is 14.3. The number of rotatable bonds is 8. The molecule has 1 aliphatic heterocycles. The highest BCUT2D eigenvalue weighted by molar-refractivity contribution is 14.0. The van der Waals surface area contributed by atoms with Crippen LogP contribution < -0.4 is 10.6 Å². The maximum Gasteiger partial charge on any atom is 0.191 e. The lowest BCUT2D eigenvalue weighted by Crippen LogP contribution is -2.41. The van der Waals surface area contributed by atoms with Crippen molar-refractivity contribution >= 4 is 29.9 Å². The zero-order chi connectivity index (χ0) is 20.1. The molecule has 1 atom stereocenters. The molecule has 1 aliphatic carbocycles. The molecule has 0 radical (unpaired) electrons. The number of guanidine groups is 1. The summed E-state index contributed by atoms with van der Waals surface area (Å²) in [4.78, 5) is 4.74. The van der Waals surface area contributed by atoms with Crippen molar-refractivity contribution in [2.24, 2.45) is 10.9 Å². The average molecular weight is 531 g/mol. The molecular formula is C22H28F2IN3O2. The van der Waals surface area contributed by atoms with E-state index in [1.165, 1.54) is 6.07 Å². The van der Waals surface area contributed by atoms with Gasteiger partial charge < -0.3 is 19.8 Å². The molecule has 1 unspecified atom stereocenters. The van der Waals surface area contributed by atoms with Crippen LogP contribution in [0.4, 0.5) is 8.78 Å². The molecule has 30 heavy (non-hydrogen) atoms. The van der Waals surface area contributed by atoms with E-state index in [4.69, 9.17) is 14.1 Å². The Morgan fingerprint density at radius 2 is 2.07 bits per heavy atom. The minimum absolute atomic E-state index is 0. The lowest BCUT2D eigenvalue weighted by Gasteiger charge is -2.18. The first-order chi connectivity index (χ1) is 14.1. The summed E-state index contributed by atoms with van der Waals surface area (Å²) in [6.07, 6.45) is 5.16. The quantitative estimate of drug-likeness (QED) is 0.307. The molecule has 2 heterocycles. The van der Waals surface area contributed by atoms with Crippen molar-refractivity contribution in [2.75, 3.05) is 32.8 Å². The minimum atomic E-state index is -0.550. The molecule has 1 saturated carbocycles. The second-order valence-corrected chi connectivity index (χ2v) is 7.94. The van der Waals surface area contributed by atoms with Crippen molar-refractivity contribution in [3.63, 3.8) is 0 Å². The van der Waals surface area contributed by atoms with Gasteiger partial charge in [-0.25, -0.2) is 8.78 Å². The fourth-order valence-electron chi connectivity index (χ4n) is 3.73. The number of furan rings is 1. The Morgan fingerprint density at radius 3 is 2.73 bits per heavy atom. The zero-order valence-electron chi connectivity index (χ0n) is 16.8. The normalized spacial score (nSPS) is 19.9. The second kappa shape index (κ2) is 10.6. The molecule has 2 fully saturated rings. The van der Waals surface area contributed by atoms with Crippen molar-refractivity contribution in [2.45, 2.75) is 31.1 Å². The van der Waals surface area contributed by atoms with E-state index in [1.54, 1.807) is 12.3 Å². The predicted molar refractivity (Wildman–Crippen MR) is 122 cm³/mol. The molecule has 2 N–H and O–H groups in total. The fourth-order valence-corrected chi connectivity index (χ4v) is 3.73. The largest absolute Gasteiger partial charge is 0.469 e. The van der Waals surface area contributed by atoms with Crippen LogP contribution in [0, 0.1) is 17.6 Å². The van der Waals surface area contributed by atoms with E-state index in [0.717, 1.165) is 57.3 Å². The Hall–Kier alpha value is -1.68.